The molecule has 52 valence electrons. The van der Waals surface area contributed by atoms with Crippen LogP contribution >= 0.6 is 12.6 Å². The molecule has 10 heavy (non-hydrogen) atoms. The summed E-state index contributed by atoms with van der Waals surface area (Å²) in [6.45, 7) is 0. The van der Waals surface area contributed by atoms with E-state index in [-0.39, 0.29) is 23.1 Å². The topological polar surface area (TPSA) is 9.23 Å². The van der Waals surface area contributed by atoms with Crippen LogP contribution in [0.15, 0.2) is 29.2 Å². The van der Waals surface area contributed by atoms with Gasteiger partial charge in [-0.05, 0) is 24.3 Å². The molecular formula is C7H10MgOS. The highest BCUT2D eigenvalue weighted by atomic mass is 32.1. The Kier molecular flexibility index (Phi) is 4.94. The summed E-state index contributed by atoms with van der Waals surface area (Å²) in [4.78, 5) is 0.954. The molecule has 0 N–H and O–H groups in total. The van der Waals surface area contributed by atoms with Crippen molar-refractivity contribution in [3.63, 3.8) is 0 Å². The molecule has 3 heteroatoms. The van der Waals surface area contributed by atoms with Gasteiger partial charge in [-0.25, -0.2) is 0 Å². The second kappa shape index (κ2) is 4.88. The molecule has 1 aromatic carbocycles. The normalized spacial score (nSPS) is 8.20. The molecule has 1 nitrogen and oxygen atoms in total. The zero-order valence-electron chi connectivity index (χ0n) is 5.16. The van der Waals surface area contributed by atoms with Crippen LogP contribution in [-0.2, 0) is 0 Å². The molecule has 0 heterocycles. The van der Waals surface area contributed by atoms with Gasteiger partial charge in [-0.1, -0.05) is 0 Å². The van der Waals surface area contributed by atoms with Crippen molar-refractivity contribution in [1.29, 1.82) is 0 Å². The van der Waals surface area contributed by atoms with Crippen LogP contribution in [0.25, 0.3) is 0 Å². The van der Waals surface area contributed by atoms with Crippen LogP contribution in [0.5, 0.6) is 5.75 Å². The van der Waals surface area contributed by atoms with Gasteiger partial charge in [0.2, 0.25) is 0 Å². The SMILES string of the molecule is COc1ccc(S)cc1.[MgH2]. The summed E-state index contributed by atoms with van der Waals surface area (Å²) in [5.74, 6) is 0.868. The summed E-state index contributed by atoms with van der Waals surface area (Å²) in [5.41, 5.74) is 0. The van der Waals surface area contributed by atoms with Crippen molar-refractivity contribution >= 4 is 35.7 Å². The molecule has 0 radical (unpaired) electrons. The van der Waals surface area contributed by atoms with Crippen molar-refractivity contribution in [1.82, 2.24) is 0 Å². The van der Waals surface area contributed by atoms with E-state index in [2.05, 4.69) is 12.6 Å². The molecule has 0 aliphatic heterocycles. The predicted octanol–water partition coefficient (Wildman–Crippen LogP) is 1.07. The minimum absolute atomic E-state index is 0. The number of thiol groups is 1. The maximum Gasteiger partial charge on any atom is 0.316 e. The summed E-state index contributed by atoms with van der Waals surface area (Å²) in [6, 6.07) is 7.54. The summed E-state index contributed by atoms with van der Waals surface area (Å²) in [6.07, 6.45) is 0. The number of hydrogen-bond acceptors (Lipinski definition) is 2. The van der Waals surface area contributed by atoms with Crippen molar-refractivity contribution in [3.05, 3.63) is 24.3 Å². The fraction of sp³-hybridized carbons (Fsp3) is 0.143. The van der Waals surface area contributed by atoms with E-state index >= 15 is 0 Å². The van der Waals surface area contributed by atoms with Gasteiger partial charge in [0, 0.05) is 4.90 Å². The van der Waals surface area contributed by atoms with Gasteiger partial charge in [-0.15, -0.1) is 12.6 Å². The summed E-state index contributed by atoms with van der Waals surface area (Å²) in [5, 5.41) is 0. The molecule has 0 spiro atoms. The third kappa shape index (κ3) is 2.81. The highest BCUT2D eigenvalue weighted by Crippen LogP contribution is 2.12. The molecule has 0 atom stereocenters. The van der Waals surface area contributed by atoms with E-state index < -0.39 is 0 Å². The maximum absolute atomic E-state index is 4.94. The molecule has 0 saturated carbocycles. The predicted molar refractivity (Wildman–Crippen MR) is 48.8 cm³/mol. The van der Waals surface area contributed by atoms with Crippen LogP contribution in [0.2, 0.25) is 0 Å². The van der Waals surface area contributed by atoms with Gasteiger partial charge in [0.1, 0.15) is 5.75 Å². The Bertz CT molecular complexity index is 185. The largest absolute Gasteiger partial charge is 0.497 e. The number of hydrogen-bond donors (Lipinski definition) is 1. The number of methoxy groups -OCH3 is 1. The second-order valence-electron chi connectivity index (χ2n) is 1.70. The number of benzene rings is 1. The van der Waals surface area contributed by atoms with Gasteiger partial charge in [0.15, 0.2) is 0 Å². The van der Waals surface area contributed by atoms with Gasteiger partial charge in [-0.2, -0.15) is 0 Å². The Balaban J connectivity index is 0.000000810. The van der Waals surface area contributed by atoms with E-state index in [1.807, 2.05) is 24.3 Å². The minimum Gasteiger partial charge on any atom is -0.497 e. The van der Waals surface area contributed by atoms with E-state index in [9.17, 15) is 0 Å². The molecule has 0 unspecified atom stereocenters. The fourth-order valence-corrected chi connectivity index (χ4v) is 0.731. The molecule has 0 aliphatic rings. The first kappa shape index (κ1) is 10.1. The molecule has 0 fully saturated rings. The van der Waals surface area contributed by atoms with Crippen molar-refractivity contribution in [2.24, 2.45) is 0 Å². The molecule has 0 aliphatic carbocycles. The van der Waals surface area contributed by atoms with E-state index in [1.54, 1.807) is 7.11 Å². The van der Waals surface area contributed by atoms with Gasteiger partial charge in [0.25, 0.3) is 0 Å². The zero-order chi connectivity index (χ0) is 6.69. The Hall–Kier alpha value is 0.136. The smallest absolute Gasteiger partial charge is 0.316 e. The Morgan fingerprint density at radius 2 is 1.70 bits per heavy atom. The standard InChI is InChI=1S/C7H8OS.Mg.2H/c1-8-6-2-4-7(9)5-3-6;;;/h2-5,9H,1H3;;;. The van der Waals surface area contributed by atoms with Gasteiger partial charge < -0.3 is 4.74 Å². The van der Waals surface area contributed by atoms with E-state index in [0.717, 1.165) is 10.6 Å². The van der Waals surface area contributed by atoms with Crippen LogP contribution < -0.4 is 4.74 Å². The second-order valence-corrected chi connectivity index (χ2v) is 2.21. The summed E-state index contributed by atoms with van der Waals surface area (Å²) in [7, 11) is 1.65. The molecular weight excluding hydrogens is 156 g/mol. The first-order chi connectivity index (χ1) is 4.33. The van der Waals surface area contributed by atoms with Crippen molar-refractivity contribution < 1.29 is 4.74 Å². The lowest BCUT2D eigenvalue weighted by Gasteiger charge is -1.96. The van der Waals surface area contributed by atoms with E-state index in [1.165, 1.54) is 0 Å². The zero-order valence-corrected chi connectivity index (χ0v) is 6.06. The Labute approximate surface area is 82.3 Å². The van der Waals surface area contributed by atoms with Crippen molar-refractivity contribution in [2.45, 2.75) is 4.90 Å². The summed E-state index contributed by atoms with van der Waals surface area (Å²) >= 11 is 4.11. The average Bonchev–Trinajstić information content (AvgIpc) is 1.90. The Morgan fingerprint density at radius 1 is 1.20 bits per heavy atom. The lowest BCUT2D eigenvalue weighted by Crippen LogP contribution is -1.79. The van der Waals surface area contributed by atoms with Crippen molar-refractivity contribution in [3.8, 4) is 5.75 Å². The average molecular weight is 167 g/mol. The van der Waals surface area contributed by atoms with Crippen LogP contribution in [-0.4, -0.2) is 30.2 Å². The molecule has 0 bridgehead atoms. The van der Waals surface area contributed by atoms with Gasteiger partial charge >= 0.3 is 23.1 Å². The number of rotatable bonds is 1. The maximum atomic E-state index is 4.94. The van der Waals surface area contributed by atoms with E-state index in [4.69, 9.17) is 4.74 Å². The molecule has 1 rings (SSSR count). The fourth-order valence-electron chi connectivity index (χ4n) is 0.582. The molecule has 1 aromatic rings. The lowest BCUT2D eigenvalue weighted by molar-refractivity contribution is 0.414. The Morgan fingerprint density at radius 3 is 2.10 bits per heavy atom. The van der Waals surface area contributed by atoms with E-state index in [0.29, 0.717) is 0 Å². The summed E-state index contributed by atoms with van der Waals surface area (Å²) < 4.78 is 4.94. The lowest BCUT2D eigenvalue weighted by atomic mass is 10.3. The number of ether oxygens (including phenoxy) is 1. The highest BCUT2D eigenvalue weighted by Gasteiger charge is 1.86. The third-order valence-electron chi connectivity index (χ3n) is 1.07. The molecule has 0 saturated heterocycles. The van der Waals surface area contributed by atoms with Gasteiger partial charge in [0.05, 0.1) is 7.11 Å². The van der Waals surface area contributed by atoms with Crippen LogP contribution in [0, 0.1) is 0 Å². The van der Waals surface area contributed by atoms with Gasteiger partial charge in [-0.3, -0.25) is 0 Å². The van der Waals surface area contributed by atoms with Crippen LogP contribution in [0.3, 0.4) is 0 Å². The first-order valence-electron chi connectivity index (χ1n) is 2.66. The first-order valence-corrected chi connectivity index (χ1v) is 3.10. The monoisotopic (exact) mass is 166 g/mol. The van der Waals surface area contributed by atoms with Crippen LogP contribution in [0.4, 0.5) is 0 Å². The quantitative estimate of drug-likeness (QED) is 0.485. The third-order valence-corrected chi connectivity index (χ3v) is 1.37. The molecule has 0 amide bonds. The van der Waals surface area contributed by atoms with Crippen molar-refractivity contribution in [2.75, 3.05) is 7.11 Å². The minimum atomic E-state index is 0. The highest BCUT2D eigenvalue weighted by molar-refractivity contribution is 7.80. The molecule has 0 aromatic heterocycles. The van der Waals surface area contributed by atoms with Crippen LogP contribution in [0.1, 0.15) is 0 Å².